The van der Waals surface area contributed by atoms with Gasteiger partial charge in [0.2, 0.25) is 0 Å². The topological polar surface area (TPSA) is 112 Å². The average molecular weight is 286 g/mol. The number of aromatic hydroxyl groups is 1. The van der Waals surface area contributed by atoms with Crippen LogP contribution in [-0.4, -0.2) is 32.9 Å². The maximum atomic E-state index is 11.6. The lowest BCUT2D eigenvalue weighted by Crippen LogP contribution is -2.15. The second-order valence-electron chi connectivity index (χ2n) is 3.52. The molecule has 2 atom stereocenters. The highest BCUT2D eigenvalue weighted by Crippen LogP contribution is 2.28. The minimum Gasteiger partial charge on any atom is -0.508 e. The number of phenols is 1. The Balaban J connectivity index is 0.000000555. The fraction of sp³-hybridized carbons (Fsp3) is 0.167. The first-order chi connectivity index (χ1) is 8.79. The van der Waals surface area contributed by atoms with Gasteiger partial charge in [-0.15, -0.1) is 0 Å². The molecule has 104 valence electrons. The van der Waals surface area contributed by atoms with E-state index >= 15 is 0 Å². The molecule has 6 nitrogen and oxygen atoms in total. The van der Waals surface area contributed by atoms with Crippen molar-refractivity contribution in [2.45, 2.75) is 12.6 Å². The van der Waals surface area contributed by atoms with Crippen LogP contribution in [0.3, 0.4) is 0 Å². The lowest BCUT2D eigenvalue weighted by Gasteiger charge is -2.06. The molecule has 1 aromatic carbocycles. The highest BCUT2D eigenvalue weighted by atomic mass is 31.1. The van der Waals surface area contributed by atoms with Crippen molar-refractivity contribution < 1.29 is 29.5 Å². The second-order valence-corrected chi connectivity index (χ2v) is 5.69. The predicted octanol–water partition coefficient (Wildman–Crippen LogP) is 1.31. The Kier molecular flexibility index (Phi) is 7.22. The Hall–Kier alpha value is -2.07. The van der Waals surface area contributed by atoms with Gasteiger partial charge in [-0.25, -0.2) is 4.79 Å². The molecular weight excluding hydrogens is 271 g/mol. The van der Waals surface area contributed by atoms with Gasteiger partial charge in [-0.2, -0.15) is 0 Å². The lowest BCUT2D eigenvalue weighted by atomic mass is 10.3. The van der Waals surface area contributed by atoms with E-state index in [0.717, 1.165) is 6.08 Å². The first kappa shape index (κ1) is 16.9. The molecule has 19 heavy (non-hydrogen) atoms. The summed E-state index contributed by atoms with van der Waals surface area (Å²) < 4.78 is 11.6. The first-order valence-corrected chi connectivity index (χ1v) is 6.69. The molecule has 0 bridgehead atoms. The van der Waals surface area contributed by atoms with E-state index in [1.807, 2.05) is 0 Å². The van der Waals surface area contributed by atoms with Crippen LogP contribution in [0, 0.1) is 0 Å². The molecule has 0 aromatic heterocycles. The molecule has 0 spiro atoms. The van der Waals surface area contributed by atoms with Gasteiger partial charge in [0.25, 0.3) is 0 Å². The van der Waals surface area contributed by atoms with Crippen molar-refractivity contribution >= 4 is 25.0 Å². The van der Waals surface area contributed by atoms with E-state index in [4.69, 9.17) is 15.3 Å². The molecule has 0 saturated carbocycles. The van der Waals surface area contributed by atoms with Crippen LogP contribution in [0.5, 0.6) is 5.75 Å². The summed E-state index contributed by atoms with van der Waals surface area (Å²) in [5.41, 5.74) is -0.901. The van der Waals surface area contributed by atoms with Gasteiger partial charge in [-0.3, -0.25) is 4.79 Å². The van der Waals surface area contributed by atoms with Crippen molar-refractivity contribution in [3.8, 4) is 5.75 Å². The van der Waals surface area contributed by atoms with Crippen LogP contribution in [0.1, 0.15) is 6.92 Å². The van der Waals surface area contributed by atoms with Crippen molar-refractivity contribution in [1.82, 2.24) is 0 Å². The Bertz CT molecular complexity index is 497. The van der Waals surface area contributed by atoms with E-state index in [1.54, 1.807) is 12.1 Å². The molecule has 1 rings (SSSR count). The second kappa shape index (κ2) is 8.11. The summed E-state index contributed by atoms with van der Waals surface area (Å²) in [4.78, 5) is 19.8. The Morgan fingerprint density at radius 2 is 1.89 bits per heavy atom. The normalized spacial score (nSPS) is 12.5. The number of carboxylic acid groups (broad SMARTS) is 2. The third-order valence-corrected chi connectivity index (χ3v) is 3.98. The summed E-state index contributed by atoms with van der Waals surface area (Å²) in [7, 11) is -2.38. The minimum atomic E-state index is -2.38. The first-order valence-electron chi connectivity index (χ1n) is 5.21. The van der Waals surface area contributed by atoms with Crippen molar-refractivity contribution in [1.29, 1.82) is 0 Å². The Morgan fingerprint density at radius 3 is 2.26 bits per heavy atom. The summed E-state index contributed by atoms with van der Waals surface area (Å²) in [5, 5.41) is 25.8. The van der Waals surface area contributed by atoms with Gasteiger partial charge in [0.15, 0.2) is 0 Å². The van der Waals surface area contributed by atoms with Crippen LogP contribution < -0.4 is 5.30 Å². The fourth-order valence-electron chi connectivity index (χ4n) is 1.02. The third kappa shape index (κ3) is 6.43. The van der Waals surface area contributed by atoms with Crippen molar-refractivity contribution in [2.75, 3.05) is 0 Å². The monoisotopic (exact) mass is 286 g/mol. The molecule has 0 amide bonds. The van der Waals surface area contributed by atoms with Crippen molar-refractivity contribution in [3.63, 3.8) is 0 Å². The standard InChI is InChI=1S/C9H11O4P.C3H4O2/c1-6(9(11)12)14(13)8-4-2-3-7(10)5-8;1-2-3(4)5/h2-6,10,14H,1H3,(H,11,12);2H,1H2,(H,4,5). The van der Waals surface area contributed by atoms with Gasteiger partial charge in [0, 0.05) is 11.4 Å². The zero-order chi connectivity index (χ0) is 15.0. The zero-order valence-electron chi connectivity index (χ0n) is 10.2. The van der Waals surface area contributed by atoms with Crippen molar-refractivity contribution in [2.24, 2.45) is 0 Å². The molecule has 0 fully saturated rings. The van der Waals surface area contributed by atoms with Crippen LogP contribution >= 0.6 is 7.80 Å². The SMILES string of the molecule is C=CC(=O)O.CC(C(=O)O)[PH](=O)c1cccc(O)c1. The molecule has 0 aliphatic carbocycles. The quantitative estimate of drug-likeness (QED) is 0.568. The molecule has 2 unspecified atom stereocenters. The van der Waals surface area contributed by atoms with E-state index in [9.17, 15) is 14.2 Å². The van der Waals surface area contributed by atoms with Crippen LogP contribution in [-0.2, 0) is 14.2 Å². The van der Waals surface area contributed by atoms with Gasteiger partial charge in [0.1, 0.15) is 19.2 Å². The molecule has 0 saturated heterocycles. The largest absolute Gasteiger partial charge is 0.508 e. The zero-order valence-corrected chi connectivity index (χ0v) is 11.2. The highest BCUT2D eigenvalue weighted by Gasteiger charge is 2.20. The molecule has 7 heteroatoms. The number of hydrogen-bond acceptors (Lipinski definition) is 4. The van der Waals surface area contributed by atoms with Crippen molar-refractivity contribution in [3.05, 3.63) is 36.9 Å². The third-order valence-electron chi connectivity index (χ3n) is 2.07. The average Bonchev–Trinajstić information content (AvgIpc) is 2.37. The van der Waals surface area contributed by atoms with Crippen LogP contribution in [0.25, 0.3) is 0 Å². The Morgan fingerprint density at radius 1 is 1.37 bits per heavy atom. The molecular formula is C12H15O6P. The Labute approximate surface area is 110 Å². The highest BCUT2D eigenvalue weighted by molar-refractivity contribution is 7.55. The van der Waals surface area contributed by atoms with E-state index < -0.39 is 25.4 Å². The number of carboxylic acids is 2. The van der Waals surface area contributed by atoms with Gasteiger partial charge in [0.05, 0.1) is 0 Å². The number of phenolic OH excluding ortho intramolecular Hbond substituents is 1. The number of hydrogen-bond donors (Lipinski definition) is 3. The van der Waals surface area contributed by atoms with E-state index in [1.165, 1.54) is 19.1 Å². The van der Waals surface area contributed by atoms with Gasteiger partial charge < -0.3 is 19.9 Å². The molecule has 1 aromatic rings. The summed E-state index contributed by atoms with van der Waals surface area (Å²) in [6.07, 6.45) is 0.833. The maximum absolute atomic E-state index is 11.6. The summed E-state index contributed by atoms with van der Waals surface area (Å²) >= 11 is 0. The smallest absolute Gasteiger partial charge is 0.327 e. The molecule has 0 aliphatic rings. The van der Waals surface area contributed by atoms with Gasteiger partial charge in [-0.05, 0) is 19.1 Å². The minimum absolute atomic E-state index is 0.00145. The summed E-state index contributed by atoms with van der Waals surface area (Å²) in [6, 6.07) is 5.88. The maximum Gasteiger partial charge on any atom is 0.327 e. The molecule has 0 heterocycles. The van der Waals surface area contributed by atoms with Crippen LogP contribution in [0.2, 0.25) is 0 Å². The number of aliphatic carboxylic acids is 2. The number of carbonyl (C=O) groups is 2. The number of benzene rings is 1. The summed E-state index contributed by atoms with van der Waals surface area (Å²) in [6.45, 7) is 4.36. The number of rotatable bonds is 4. The lowest BCUT2D eigenvalue weighted by molar-refractivity contribution is -0.136. The van der Waals surface area contributed by atoms with E-state index in [0.29, 0.717) is 5.30 Å². The van der Waals surface area contributed by atoms with Crippen LogP contribution in [0.4, 0.5) is 0 Å². The van der Waals surface area contributed by atoms with E-state index in [2.05, 4.69) is 6.58 Å². The van der Waals surface area contributed by atoms with Gasteiger partial charge in [-0.1, -0.05) is 18.7 Å². The summed E-state index contributed by atoms with van der Waals surface area (Å²) in [5.74, 6) is -2.07. The molecule has 0 aliphatic heterocycles. The van der Waals surface area contributed by atoms with Crippen LogP contribution in [0.15, 0.2) is 36.9 Å². The van der Waals surface area contributed by atoms with Gasteiger partial charge >= 0.3 is 11.9 Å². The fourth-order valence-corrected chi connectivity index (χ4v) is 2.30. The molecule has 0 radical (unpaired) electrons. The molecule has 3 N–H and O–H groups in total. The van der Waals surface area contributed by atoms with E-state index in [-0.39, 0.29) is 5.75 Å². The predicted molar refractivity (Wildman–Crippen MR) is 71.7 cm³/mol.